The molecule has 1 aliphatic heterocycles. The van der Waals surface area contributed by atoms with Crippen LogP contribution in [0.15, 0.2) is 48.5 Å². The highest BCUT2D eigenvalue weighted by Crippen LogP contribution is 2.36. The molecule has 192 valence electrons. The Kier molecular flexibility index (Phi) is 8.21. The number of nitrogens with one attached hydrogen (secondary N) is 2. The minimum absolute atomic E-state index is 0.0530. The lowest BCUT2D eigenvalue weighted by atomic mass is 9.78. The molecule has 0 bridgehead atoms. The predicted octanol–water partition coefficient (Wildman–Crippen LogP) is 1.38. The van der Waals surface area contributed by atoms with E-state index in [1.807, 2.05) is 52.0 Å². The van der Waals surface area contributed by atoms with Crippen LogP contribution in [0.2, 0.25) is 0 Å². The first-order chi connectivity index (χ1) is 16.8. The lowest BCUT2D eigenvalue weighted by molar-refractivity contribution is -0.130. The maximum absolute atomic E-state index is 13.6. The van der Waals surface area contributed by atoms with Gasteiger partial charge in [-0.15, -0.1) is 0 Å². The summed E-state index contributed by atoms with van der Waals surface area (Å²) < 4.78 is 25.7. The number of primary amides is 1. The SMILES string of the molecule is CC(=O)N[C@@H](Cc1cccc(F)c1)C(=O)N[C@@H](Cc1ccc(B2OC(C)(C)C(C)(C)O2)cc1)C(N)=O. The van der Waals surface area contributed by atoms with Crippen molar-refractivity contribution in [1.29, 1.82) is 0 Å². The van der Waals surface area contributed by atoms with Crippen molar-refractivity contribution in [3.05, 3.63) is 65.5 Å². The first kappa shape index (κ1) is 27.4. The monoisotopic (exact) mass is 497 g/mol. The number of hydrogen-bond acceptors (Lipinski definition) is 5. The van der Waals surface area contributed by atoms with Crippen molar-refractivity contribution in [3.8, 4) is 0 Å². The third kappa shape index (κ3) is 6.70. The van der Waals surface area contributed by atoms with Gasteiger partial charge in [0.05, 0.1) is 11.2 Å². The van der Waals surface area contributed by atoms with Crippen LogP contribution in [0.5, 0.6) is 0 Å². The van der Waals surface area contributed by atoms with Gasteiger partial charge in [-0.1, -0.05) is 36.4 Å². The molecule has 1 aliphatic rings. The third-order valence-corrected chi connectivity index (χ3v) is 6.63. The highest BCUT2D eigenvalue weighted by atomic mass is 19.1. The van der Waals surface area contributed by atoms with Crippen molar-refractivity contribution in [2.75, 3.05) is 0 Å². The number of carbonyl (C=O) groups excluding carboxylic acids is 3. The second-order valence-electron chi connectivity index (χ2n) is 10.1. The summed E-state index contributed by atoms with van der Waals surface area (Å²) >= 11 is 0. The molecule has 2 aromatic rings. The fourth-order valence-electron chi connectivity index (χ4n) is 3.88. The first-order valence-corrected chi connectivity index (χ1v) is 11.8. The van der Waals surface area contributed by atoms with Gasteiger partial charge in [0, 0.05) is 19.8 Å². The molecule has 0 saturated carbocycles. The maximum Gasteiger partial charge on any atom is 0.494 e. The van der Waals surface area contributed by atoms with Gasteiger partial charge >= 0.3 is 7.12 Å². The van der Waals surface area contributed by atoms with Gasteiger partial charge in [-0.25, -0.2) is 4.39 Å². The van der Waals surface area contributed by atoms with Crippen LogP contribution in [-0.2, 0) is 36.5 Å². The average molecular weight is 497 g/mol. The summed E-state index contributed by atoms with van der Waals surface area (Å²) in [6, 6.07) is 11.1. The van der Waals surface area contributed by atoms with Gasteiger partial charge < -0.3 is 25.7 Å². The Bertz CT molecular complexity index is 1110. The van der Waals surface area contributed by atoms with Gasteiger partial charge in [-0.3, -0.25) is 14.4 Å². The molecule has 0 aromatic heterocycles. The third-order valence-electron chi connectivity index (χ3n) is 6.63. The van der Waals surface area contributed by atoms with E-state index in [0.717, 1.165) is 11.0 Å². The smallest absolute Gasteiger partial charge is 0.399 e. The van der Waals surface area contributed by atoms with Crippen LogP contribution in [0, 0.1) is 5.82 Å². The normalized spacial score (nSPS) is 17.8. The molecule has 1 saturated heterocycles. The molecule has 0 spiro atoms. The van der Waals surface area contributed by atoms with Crippen molar-refractivity contribution in [2.45, 2.75) is 70.7 Å². The molecule has 2 atom stereocenters. The molecule has 2 aromatic carbocycles. The fourth-order valence-corrected chi connectivity index (χ4v) is 3.88. The summed E-state index contributed by atoms with van der Waals surface area (Å²) in [6.45, 7) is 9.18. The molecule has 1 heterocycles. The lowest BCUT2D eigenvalue weighted by Crippen LogP contribution is -2.54. The highest BCUT2D eigenvalue weighted by molar-refractivity contribution is 6.62. The first-order valence-electron chi connectivity index (χ1n) is 11.8. The summed E-state index contributed by atoms with van der Waals surface area (Å²) in [5, 5.41) is 5.18. The van der Waals surface area contributed by atoms with E-state index in [2.05, 4.69) is 10.6 Å². The molecular weight excluding hydrogens is 464 g/mol. The highest BCUT2D eigenvalue weighted by Gasteiger charge is 2.51. The van der Waals surface area contributed by atoms with Crippen LogP contribution in [-0.4, -0.2) is 48.1 Å². The quantitative estimate of drug-likeness (QED) is 0.453. The summed E-state index contributed by atoms with van der Waals surface area (Å²) in [7, 11) is -0.517. The van der Waals surface area contributed by atoms with Gasteiger partial charge in [0.15, 0.2) is 0 Å². The van der Waals surface area contributed by atoms with E-state index in [1.54, 1.807) is 6.07 Å². The second kappa shape index (κ2) is 10.8. The number of carbonyl (C=O) groups is 3. The Labute approximate surface area is 211 Å². The predicted molar refractivity (Wildman–Crippen MR) is 135 cm³/mol. The molecule has 3 amide bonds. The summed E-state index contributed by atoms with van der Waals surface area (Å²) in [4.78, 5) is 36.8. The Morgan fingerprint density at radius 1 is 0.917 bits per heavy atom. The van der Waals surface area contributed by atoms with Crippen molar-refractivity contribution >= 4 is 30.3 Å². The molecule has 1 fully saturated rings. The number of benzene rings is 2. The molecule has 10 heteroatoms. The second-order valence-corrected chi connectivity index (χ2v) is 10.1. The van der Waals surface area contributed by atoms with Crippen molar-refractivity contribution in [2.24, 2.45) is 5.73 Å². The number of rotatable bonds is 9. The number of nitrogens with two attached hydrogens (primary N) is 1. The summed E-state index contributed by atoms with van der Waals surface area (Å²) in [6.07, 6.45) is 0.203. The molecule has 36 heavy (non-hydrogen) atoms. The standard InChI is InChI=1S/C26H33BFN3O5/c1-16(32)30-22(15-18-7-6-8-20(28)13-18)24(34)31-21(23(29)33)14-17-9-11-19(12-10-17)27-35-25(2,3)26(4,5)36-27/h6-13,21-22H,14-15H2,1-5H3,(H2,29,33)(H,30,32)(H,31,34)/t21-,22-/m0/s1. The Morgan fingerprint density at radius 3 is 2.03 bits per heavy atom. The lowest BCUT2D eigenvalue weighted by Gasteiger charge is -2.32. The zero-order chi connectivity index (χ0) is 26.7. The van der Waals surface area contributed by atoms with Gasteiger partial charge in [0.2, 0.25) is 17.7 Å². The van der Waals surface area contributed by atoms with Crippen LogP contribution in [0.3, 0.4) is 0 Å². The zero-order valence-corrected chi connectivity index (χ0v) is 21.3. The van der Waals surface area contributed by atoms with E-state index in [0.29, 0.717) is 5.56 Å². The molecule has 0 radical (unpaired) electrons. The molecule has 4 N–H and O–H groups in total. The largest absolute Gasteiger partial charge is 0.494 e. The number of halogens is 1. The summed E-state index contributed by atoms with van der Waals surface area (Å²) in [5.41, 5.74) is 6.76. The topological polar surface area (TPSA) is 120 Å². The minimum Gasteiger partial charge on any atom is -0.399 e. The van der Waals surface area contributed by atoms with E-state index >= 15 is 0 Å². The fraction of sp³-hybridized carbons (Fsp3) is 0.423. The van der Waals surface area contributed by atoms with Gasteiger partial charge in [-0.2, -0.15) is 0 Å². The van der Waals surface area contributed by atoms with Gasteiger partial charge in [-0.05, 0) is 56.4 Å². The van der Waals surface area contributed by atoms with Crippen molar-refractivity contribution in [1.82, 2.24) is 10.6 Å². The van der Waals surface area contributed by atoms with Crippen LogP contribution in [0.1, 0.15) is 45.7 Å². The maximum atomic E-state index is 13.6. The van der Waals surface area contributed by atoms with Crippen LogP contribution in [0.4, 0.5) is 4.39 Å². The van der Waals surface area contributed by atoms with Crippen molar-refractivity contribution < 1.29 is 28.1 Å². The van der Waals surface area contributed by atoms with E-state index in [1.165, 1.54) is 25.1 Å². The summed E-state index contributed by atoms with van der Waals surface area (Å²) in [5.74, 6) is -2.19. The van der Waals surface area contributed by atoms with Gasteiger partial charge in [0.1, 0.15) is 17.9 Å². The van der Waals surface area contributed by atoms with Crippen LogP contribution in [0.25, 0.3) is 0 Å². The molecule has 0 unspecified atom stereocenters. The Hall–Kier alpha value is -3.24. The molecule has 8 nitrogen and oxygen atoms in total. The molecule has 0 aliphatic carbocycles. The number of amides is 3. The van der Waals surface area contributed by atoms with Gasteiger partial charge in [0.25, 0.3) is 0 Å². The minimum atomic E-state index is -1.01. The molecular formula is C26H33BFN3O5. The molecule has 3 rings (SSSR count). The van der Waals surface area contributed by atoms with Crippen LogP contribution < -0.4 is 21.8 Å². The van der Waals surface area contributed by atoms with E-state index in [-0.39, 0.29) is 12.8 Å². The van der Waals surface area contributed by atoms with E-state index in [9.17, 15) is 18.8 Å². The average Bonchev–Trinajstić information content (AvgIpc) is 2.99. The Balaban J connectivity index is 1.69. The van der Waals surface area contributed by atoms with E-state index in [4.69, 9.17) is 15.0 Å². The Morgan fingerprint density at radius 2 is 1.50 bits per heavy atom. The zero-order valence-electron chi connectivity index (χ0n) is 21.3. The van der Waals surface area contributed by atoms with E-state index < -0.39 is 53.9 Å². The van der Waals surface area contributed by atoms with Crippen molar-refractivity contribution in [3.63, 3.8) is 0 Å². The number of hydrogen-bond donors (Lipinski definition) is 3. The van der Waals surface area contributed by atoms with Crippen LogP contribution >= 0.6 is 0 Å².